The summed E-state index contributed by atoms with van der Waals surface area (Å²) in [5.41, 5.74) is 3.07. The van der Waals surface area contributed by atoms with Gasteiger partial charge in [0.05, 0.1) is 6.20 Å². The summed E-state index contributed by atoms with van der Waals surface area (Å²) in [7, 11) is 3.99. The van der Waals surface area contributed by atoms with Crippen molar-refractivity contribution in [3.8, 4) is 0 Å². The Bertz CT molecular complexity index is 570. The monoisotopic (exact) mass is 270 g/mol. The number of amides is 1. The molecule has 1 aromatic carbocycles. The van der Waals surface area contributed by atoms with Crippen molar-refractivity contribution in [3.05, 3.63) is 53.9 Å². The summed E-state index contributed by atoms with van der Waals surface area (Å²) in [6.07, 6.45) is 6.77. The second kappa shape index (κ2) is 6.56. The minimum atomic E-state index is -0.122. The maximum absolute atomic E-state index is 11.6. The molecule has 0 radical (unpaired) electrons. The largest absolute Gasteiger partial charge is 0.378 e. The third kappa shape index (κ3) is 3.98. The first-order valence-electron chi connectivity index (χ1n) is 6.36. The Labute approximate surface area is 118 Å². The molecule has 0 aliphatic heterocycles. The van der Waals surface area contributed by atoms with Gasteiger partial charge in [-0.25, -0.2) is 0 Å². The minimum absolute atomic E-state index is 0.122. The van der Waals surface area contributed by atoms with Gasteiger partial charge in [0.2, 0.25) is 5.91 Å². The van der Waals surface area contributed by atoms with Crippen LogP contribution in [0.1, 0.15) is 11.1 Å². The molecule has 0 fully saturated rings. The number of aromatic nitrogens is 2. The Hall–Kier alpha value is -2.56. The summed E-state index contributed by atoms with van der Waals surface area (Å²) in [5, 5.41) is 9.31. The van der Waals surface area contributed by atoms with Crippen LogP contribution in [0.5, 0.6) is 0 Å². The van der Waals surface area contributed by atoms with Crippen LogP contribution in [-0.2, 0) is 11.3 Å². The van der Waals surface area contributed by atoms with E-state index in [0.29, 0.717) is 6.54 Å². The molecule has 1 aromatic heterocycles. The molecule has 20 heavy (non-hydrogen) atoms. The number of hydrogen-bond donors (Lipinski definition) is 2. The van der Waals surface area contributed by atoms with Crippen LogP contribution in [0, 0.1) is 0 Å². The van der Waals surface area contributed by atoms with Gasteiger partial charge in [-0.3, -0.25) is 9.89 Å². The molecule has 0 aliphatic carbocycles. The molecule has 0 bridgehead atoms. The first-order chi connectivity index (χ1) is 9.65. The molecule has 2 rings (SSSR count). The first kappa shape index (κ1) is 13.9. The summed E-state index contributed by atoms with van der Waals surface area (Å²) in [6, 6.07) is 8.00. The van der Waals surface area contributed by atoms with E-state index >= 15 is 0 Å². The highest BCUT2D eigenvalue weighted by molar-refractivity contribution is 5.91. The van der Waals surface area contributed by atoms with E-state index in [1.807, 2.05) is 43.3 Å². The van der Waals surface area contributed by atoms with E-state index in [4.69, 9.17) is 0 Å². The number of carbonyl (C=O) groups is 1. The van der Waals surface area contributed by atoms with Crippen molar-refractivity contribution >= 4 is 17.7 Å². The van der Waals surface area contributed by atoms with Crippen molar-refractivity contribution in [1.29, 1.82) is 0 Å². The number of H-pyrrole nitrogens is 1. The van der Waals surface area contributed by atoms with Gasteiger partial charge in [0, 0.05) is 44.2 Å². The quantitative estimate of drug-likeness (QED) is 0.815. The van der Waals surface area contributed by atoms with Gasteiger partial charge in [0.15, 0.2) is 0 Å². The third-order valence-corrected chi connectivity index (χ3v) is 2.86. The van der Waals surface area contributed by atoms with Crippen molar-refractivity contribution in [2.75, 3.05) is 19.0 Å². The Morgan fingerprint density at radius 3 is 2.70 bits per heavy atom. The lowest BCUT2D eigenvalue weighted by Gasteiger charge is -2.11. The number of hydrogen-bond acceptors (Lipinski definition) is 3. The van der Waals surface area contributed by atoms with Crippen LogP contribution in [0.15, 0.2) is 42.7 Å². The summed E-state index contributed by atoms with van der Waals surface area (Å²) >= 11 is 0. The number of benzene rings is 1. The van der Waals surface area contributed by atoms with E-state index in [0.717, 1.165) is 16.8 Å². The lowest BCUT2D eigenvalue weighted by Crippen LogP contribution is -2.19. The van der Waals surface area contributed by atoms with Crippen LogP contribution in [0.25, 0.3) is 6.08 Å². The molecule has 0 unspecified atom stereocenters. The lowest BCUT2D eigenvalue weighted by molar-refractivity contribution is -0.116. The standard InChI is InChI=1S/C15H18N4O/c1-19(2)14-6-3-12(4-7-14)5-8-15(20)16-9-13-10-17-18-11-13/h3-8,10-11H,9H2,1-2H3,(H,16,20)(H,17,18)/b8-5+. The number of anilines is 1. The number of nitrogens with one attached hydrogen (secondary N) is 2. The second-order valence-electron chi connectivity index (χ2n) is 4.64. The molecular weight excluding hydrogens is 252 g/mol. The molecule has 0 saturated carbocycles. The Kier molecular flexibility index (Phi) is 4.55. The Morgan fingerprint density at radius 2 is 2.10 bits per heavy atom. The van der Waals surface area contributed by atoms with Crippen LogP contribution in [-0.4, -0.2) is 30.2 Å². The molecule has 0 atom stereocenters. The molecule has 104 valence electrons. The van der Waals surface area contributed by atoms with Crippen molar-refractivity contribution < 1.29 is 4.79 Å². The lowest BCUT2D eigenvalue weighted by atomic mass is 10.2. The summed E-state index contributed by atoms with van der Waals surface area (Å²) in [6.45, 7) is 0.471. The fourth-order valence-electron chi connectivity index (χ4n) is 1.68. The third-order valence-electron chi connectivity index (χ3n) is 2.86. The van der Waals surface area contributed by atoms with Crippen molar-refractivity contribution in [1.82, 2.24) is 15.5 Å². The van der Waals surface area contributed by atoms with E-state index in [9.17, 15) is 4.79 Å². The normalized spacial score (nSPS) is 10.7. The van der Waals surface area contributed by atoms with Gasteiger partial charge in [0.1, 0.15) is 0 Å². The topological polar surface area (TPSA) is 61.0 Å². The fourth-order valence-corrected chi connectivity index (χ4v) is 1.68. The van der Waals surface area contributed by atoms with Crippen LogP contribution in [0.3, 0.4) is 0 Å². The smallest absolute Gasteiger partial charge is 0.244 e. The predicted octanol–water partition coefficient (Wildman–Crippen LogP) is 1.81. The van der Waals surface area contributed by atoms with Crippen LogP contribution in [0.4, 0.5) is 5.69 Å². The number of nitrogens with zero attached hydrogens (tertiary/aromatic N) is 2. The average molecular weight is 270 g/mol. The SMILES string of the molecule is CN(C)c1ccc(/C=C/C(=O)NCc2cn[nH]c2)cc1. The Balaban J connectivity index is 1.86. The maximum atomic E-state index is 11.6. The average Bonchev–Trinajstić information content (AvgIpc) is 2.96. The van der Waals surface area contributed by atoms with Gasteiger partial charge in [-0.15, -0.1) is 0 Å². The predicted molar refractivity (Wildman–Crippen MR) is 80.2 cm³/mol. The highest BCUT2D eigenvalue weighted by atomic mass is 16.1. The molecule has 1 heterocycles. The zero-order chi connectivity index (χ0) is 14.4. The number of aromatic amines is 1. The zero-order valence-corrected chi connectivity index (χ0v) is 11.6. The van der Waals surface area contributed by atoms with Gasteiger partial charge >= 0.3 is 0 Å². The molecule has 2 aromatic rings. The van der Waals surface area contributed by atoms with E-state index in [1.54, 1.807) is 18.5 Å². The van der Waals surface area contributed by atoms with Crippen molar-refractivity contribution in [2.24, 2.45) is 0 Å². The Morgan fingerprint density at radius 1 is 1.35 bits per heavy atom. The zero-order valence-electron chi connectivity index (χ0n) is 11.6. The second-order valence-corrected chi connectivity index (χ2v) is 4.64. The maximum Gasteiger partial charge on any atom is 0.244 e. The molecule has 0 aliphatic rings. The van der Waals surface area contributed by atoms with Gasteiger partial charge in [-0.05, 0) is 23.8 Å². The number of carbonyl (C=O) groups excluding carboxylic acids is 1. The van der Waals surface area contributed by atoms with Crippen LogP contribution < -0.4 is 10.2 Å². The molecule has 5 nitrogen and oxygen atoms in total. The van der Waals surface area contributed by atoms with E-state index in [2.05, 4.69) is 15.5 Å². The van der Waals surface area contributed by atoms with Crippen molar-refractivity contribution in [2.45, 2.75) is 6.54 Å². The first-order valence-corrected chi connectivity index (χ1v) is 6.36. The van der Waals surface area contributed by atoms with E-state index in [1.165, 1.54) is 6.08 Å². The van der Waals surface area contributed by atoms with Crippen LogP contribution >= 0.6 is 0 Å². The fraction of sp³-hybridized carbons (Fsp3) is 0.200. The van der Waals surface area contributed by atoms with Gasteiger partial charge in [-0.1, -0.05) is 12.1 Å². The molecule has 2 N–H and O–H groups in total. The van der Waals surface area contributed by atoms with Crippen LogP contribution in [0.2, 0.25) is 0 Å². The highest BCUT2D eigenvalue weighted by Crippen LogP contribution is 2.12. The molecule has 0 saturated heterocycles. The molecule has 5 heteroatoms. The van der Waals surface area contributed by atoms with Gasteiger partial charge < -0.3 is 10.2 Å². The van der Waals surface area contributed by atoms with E-state index < -0.39 is 0 Å². The van der Waals surface area contributed by atoms with E-state index in [-0.39, 0.29) is 5.91 Å². The van der Waals surface area contributed by atoms with Gasteiger partial charge in [0.25, 0.3) is 0 Å². The summed E-state index contributed by atoms with van der Waals surface area (Å²) < 4.78 is 0. The summed E-state index contributed by atoms with van der Waals surface area (Å²) in [5.74, 6) is -0.122. The highest BCUT2D eigenvalue weighted by Gasteiger charge is 1.98. The van der Waals surface area contributed by atoms with Gasteiger partial charge in [-0.2, -0.15) is 5.10 Å². The number of rotatable bonds is 5. The minimum Gasteiger partial charge on any atom is -0.378 e. The summed E-state index contributed by atoms with van der Waals surface area (Å²) in [4.78, 5) is 13.7. The molecular formula is C15H18N4O. The molecule has 1 amide bonds. The molecule has 0 spiro atoms. The van der Waals surface area contributed by atoms with Crippen molar-refractivity contribution in [3.63, 3.8) is 0 Å².